The van der Waals surface area contributed by atoms with E-state index in [-0.39, 0.29) is 5.91 Å². The van der Waals surface area contributed by atoms with Crippen LogP contribution in [0.1, 0.15) is 42.3 Å². The van der Waals surface area contributed by atoms with E-state index in [9.17, 15) is 4.79 Å². The van der Waals surface area contributed by atoms with Crippen molar-refractivity contribution in [2.24, 2.45) is 0 Å². The van der Waals surface area contributed by atoms with Crippen LogP contribution in [0.25, 0.3) is 0 Å². The molecule has 7 nitrogen and oxygen atoms in total. The fourth-order valence-electron chi connectivity index (χ4n) is 3.55. The van der Waals surface area contributed by atoms with E-state index in [1.165, 1.54) is 0 Å². The number of rotatable bonds is 8. The summed E-state index contributed by atoms with van der Waals surface area (Å²) in [7, 11) is 5.34. The topological polar surface area (TPSA) is 79.4 Å². The van der Waals surface area contributed by atoms with Gasteiger partial charge >= 0.3 is 0 Å². The fourth-order valence-corrected chi connectivity index (χ4v) is 3.55. The Morgan fingerprint density at radius 3 is 2.76 bits per heavy atom. The Bertz CT molecular complexity index is 803. The van der Waals surface area contributed by atoms with E-state index in [0.29, 0.717) is 25.3 Å². The maximum absolute atomic E-state index is 12.6. The molecule has 2 aromatic rings. The van der Waals surface area contributed by atoms with Crippen LogP contribution in [0.5, 0.6) is 5.75 Å². The number of carbonyl (C=O) groups is 1. The van der Waals surface area contributed by atoms with E-state index in [2.05, 4.69) is 15.6 Å². The Kier molecular flexibility index (Phi) is 7.41. The molecule has 0 saturated carbocycles. The fraction of sp³-hybridized carbons (Fsp3) is 0.500. The SMILES string of the molecule is CNc1cc(CN(C)C(=O)CCc2ccc(OC)cc2)nc(C2CCCNC2)n1. The van der Waals surface area contributed by atoms with E-state index in [4.69, 9.17) is 9.72 Å². The van der Waals surface area contributed by atoms with Crippen LogP contribution in [0.3, 0.4) is 0 Å². The van der Waals surface area contributed by atoms with E-state index < -0.39 is 0 Å². The maximum Gasteiger partial charge on any atom is 0.222 e. The normalized spacial score (nSPS) is 16.3. The maximum atomic E-state index is 12.6. The number of hydrogen-bond acceptors (Lipinski definition) is 6. The summed E-state index contributed by atoms with van der Waals surface area (Å²) in [5, 5.41) is 6.54. The van der Waals surface area contributed by atoms with Crippen LogP contribution in [0, 0.1) is 0 Å². The smallest absolute Gasteiger partial charge is 0.222 e. The molecule has 1 amide bonds. The van der Waals surface area contributed by atoms with Gasteiger partial charge in [0.05, 0.1) is 19.3 Å². The molecule has 29 heavy (non-hydrogen) atoms. The highest BCUT2D eigenvalue weighted by Crippen LogP contribution is 2.22. The minimum atomic E-state index is 0.103. The van der Waals surface area contributed by atoms with Gasteiger partial charge in [0.2, 0.25) is 5.91 Å². The van der Waals surface area contributed by atoms with E-state index in [0.717, 1.165) is 54.6 Å². The third-order valence-electron chi connectivity index (χ3n) is 5.33. The molecule has 2 N–H and O–H groups in total. The first kappa shape index (κ1) is 21.0. The third-order valence-corrected chi connectivity index (χ3v) is 5.33. The van der Waals surface area contributed by atoms with Gasteiger partial charge < -0.3 is 20.3 Å². The molecule has 2 heterocycles. The molecular formula is C22H31N5O2. The number of piperidine rings is 1. The number of aromatic nitrogens is 2. The van der Waals surface area contributed by atoms with Gasteiger partial charge in [0.15, 0.2) is 0 Å². The minimum Gasteiger partial charge on any atom is -0.497 e. The molecule has 7 heteroatoms. The van der Waals surface area contributed by atoms with Crippen LogP contribution >= 0.6 is 0 Å². The molecule has 1 aromatic carbocycles. The molecule has 1 atom stereocenters. The van der Waals surface area contributed by atoms with Gasteiger partial charge in [-0.2, -0.15) is 0 Å². The lowest BCUT2D eigenvalue weighted by Gasteiger charge is -2.23. The number of methoxy groups -OCH3 is 1. The van der Waals surface area contributed by atoms with Crippen LogP contribution in [0.15, 0.2) is 30.3 Å². The second-order valence-electron chi connectivity index (χ2n) is 7.49. The summed E-state index contributed by atoms with van der Waals surface area (Å²) in [5.41, 5.74) is 1.99. The van der Waals surface area contributed by atoms with E-state index in [1.807, 2.05) is 44.4 Å². The lowest BCUT2D eigenvalue weighted by atomic mass is 9.99. The first-order valence-corrected chi connectivity index (χ1v) is 10.2. The molecule has 3 rings (SSSR count). The van der Waals surface area contributed by atoms with Crippen LogP contribution in [-0.4, -0.2) is 55.1 Å². The number of benzene rings is 1. The zero-order chi connectivity index (χ0) is 20.6. The highest BCUT2D eigenvalue weighted by molar-refractivity contribution is 5.76. The number of anilines is 1. The number of carbonyl (C=O) groups excluding carboxylic acids is 1. The highest BCUT2D eigenvalue weighted by Gasteiger charge is 2.20. The van der Waals surface area contributed by atoms with Gasteiger partial charge in [-0.1, -0.05) is 12.1 Å². The Hall–Kier alpha value is -2.67. The molecule has 1 aliphatic rings. The monoisotopic (exact) mass is 397 g/mol. The van der Waals surface area contributed by atoms with Crippen molar-refractivity contribution >= 4 is 11.7 Å². The van der Waals surface area contributed by atoms with Crippen molar-refractivity contribution in [2.45, 2.75) is 38.1 Å². The second kappa shape index (κ2) is 10.2. The molecule has 0 radical (unpaired) electrons. The zero-order valence-corrected chi connectivity index (χ0v) is 17.6. The number of nitrogens with zero attached hydrogens (tertiary/aromatic N) is 3. The van der Waals surface area contributed by atoms with Gasteiger partial charge in [0.25, 0.3) is 0 Å². The zero-order valence-electron chi connectivity index (χ0n) is 17.6. The Morgan fingerprint density at radius 1 is 1.31 bits per heavy atom. The summed E-state index contributed by atoms with van der Waals surface area (Å²) in [6.45, 7) is 2.44. The Morgan fingerprint density at radius 2 is 2.10 bits per heavy atom. The lowest BCUT2D eigenvalue weighted by molar-refractivity contribution is -0.130. The number of amides is 1. The number of ether oxygens (including phenoxy) is 1. The van der Waals surface area contributed by atoms with Crippen LogP contribution < -0.4 is 15.4 Å². The summed E-state index contributed by atoms with van der Waals surface area (Å²) in [5.74, 6) is 2.91. The van der Waals surface area contributed by atoms with E-state index in [1.54, 1.807) is 12.0 Å². The van der Waals surface area contributed by atoms with Gasteiger partial charge in [-0.25, -0.2) is 9.97 Å². The molecule has 0 bridgehead atoms. The van der Waals surface area contributed by atoms with Crippen LogP contribution in [-0.2, 0) is 17.8 Å². The first-order valence-electron chi connectivity index (χ1n) is 10.2. The number of aryl methyl sites for hydroxylation is 1. The Balaban J connectivity index is 1.60. The first-order chi connectivity index (χ1) is 14.1. The quantitative estimate of drug-likeness (QED) is 0.713. The number of nitrogens with one attached hydrogen (secondary N) is 2. The van der Waals surface area contributed by atoms with Crippen molar-refractivity contribution in [3.8, 4) is 5.75 Å². The van der Waals surface area contributed by atoms with Gasteiger partial charge in [-0.15, -0.1) is 0 Å². The largest absolute Gasteiger partial charge is 0.497 e. The van der Waals surface area contributed by atoms with Crippen LogP contribution in [0.2, 0.25) is 0 Å². The van der Waals surface area contributed by atoms with Crippen molar-refractivity contribution in [3.63, 3.8) is 0 Å². The predicted molar refractivity (Wildman–Crippen MR) is 114 cm³/mol. The Labute approximate surface area is 172 Å². The average molecular weight is 398 g/mol. The molecule has 1 aromatic heterocycles. The summed E-state index contributed by atoms with van der Waals surface area (Å²) >= 11 is 0. The second-order valence-corrected chi connectivity index (χ2v) is 7.49. The van der Waals surface area contributed by atoms with Crippen molar-refractivity contribution in [1.29, 1.82) is 0 Å². The summed E-state index contributed by atoms with van der Waals surface area (Å²) < 4.78 is 5.18. The van der Waals surface area contributed by atoms with Crippen molar-refractivity contribution in [3.05, 3.63) is 47.4 Å². The van der Waals surface area contributed by atoms with Gasteiger partial charge in [0, 0.05) is 39.0 Å². The molecule has 1 fully saturated rings. The molecule has 0 spiro atoms. The van der Waals surface area contributed by atoms with E-state index >= 15 is 0 Å². The molecule has 0 aliphatic carbocycles. The molecule has 1 unspecified atom stereocenters. The van der Waals surface area contributed by atoms with Crippen molar-refractivity contribution in [2.75, 3.05) is 39.6 Å². The predicted octanol–water partition coefficient (Wildman–Crippen LogP) is 2.59. The lowest BCUT2D eigenvalue weighted by Crippen LogP contribution is -2.30. The average Bonchev–Trinajstić information content (AvgIpc) is 2.78. The van der Waals surface area contributed by atoms with Gasteiger partial charge in [-0.05, 0) is 43.5 Å². The minimum absolute atomic E-state index is 0.103. The van der Waals surface area contributed by atoms with Gasteiger partial charge in [-0.3, -0.25) is 4.79 Å². The van der Waals surface area contributed by atoms with Crippen LogP contribution in [0.4, 0.5) is 5.82 Å². The molecule has 1 aliphatic heterocycles. The summed E-state index contributed by atoms with van der Waals surface area (Å²) in [6.07, 6.45) is 3.40. The van der Waals surface area contributed by atoms with Crippen molar-refractivity contribution in [1.82, 2.24) is 20.2 Å². The molecule has 1 saturated heterocycles. The standard InChI is InChI=1S/C22H31N5O2/c1-23-20-13-18(25-22(26-20)17-5-4-12-24-14-17)15-27(2)21(28)11-8-16-6-9-19(29-3)10-7-16/h6-7,9-10,13,17,24H,4-5,8,11-12,14-15H2,1-3H3,(H,23,25,26). The molecular weight excluding hydrogens is 366 g/mol. The summed E-state index contributed by atoms with van der Waals surface area (Å²) in [4.78, 5) is 23.8. The highest BCUT2D eigenvalue weighted by atomic mass is 16.5. The van der Waals surface area contributed by atoms with Crippen molar-refractivity contribution < 1.29 is 9.53 Å². The summed E-state index contributed by atoms with van der Waals surface area (Å²) in [6, 6.07) is 9.77. The van der Waals surface area contributed by atoms with Gasteiger partial charge in [0.1, 0.15) is 17.4 Å². The number of hydrogen-bond donors (Lipinski definition) is 2. The third kappa shape index (κ3) is 5.90. The molecule has 156 valence electrons.